The fourth-order valence-electron chi connectivity index (χ4n) is 4.94. The van der Waals surface area contributed by atoms with Crippen LogP contribution in [0.15, 0.2) is 36.9 Å². The molecular formula is C24H27N5O4. The molecule has 3 amide bonds. The fourth-order valence-corrected chi connectivity index (χ4v) is 4.94. The topological polar surface area (TPSA) is 114 Å². The number of imide groups is 1. The van der Waals surface area contributed by atoms with E-state index in [1.54, 1.807) is 11.0 Å². The summed E-state index contributed by atoms with van der Waals surface area (Å²) in [6.45, 7) is 1.03. The van der Waals surface area contributed by atoms with Gasteiger partial charge < -0.3 is 15.0 Å². The van der Waals surface area contributed by atoms with Gasteiger partial charge in [-0.2, -0.15) is 0 Å². The van der Waals surface area contributed by atoms with Gasteiger partial charge in [-0.25, -0.2) is 9.97 Å². The number of benzene rings is 1. The third-order valence-electron chi connectivity index (χ3n) is 6.67. The number of amides is 3. The van der Waals surface area contributed by atoms with Gasteiger partial charge in [-0.1, -0.05) is 6.42 Å². The Labute approximate surface area is 191 Å². The molecule has 0 bridgehead atoms. The van der Waals surface area contributed by atoms with Crippen molar-refractivity contribution in [3.05, 3.63) is 53.6 Å². The van der Waals surface area contributed by atoms with Crippen molar-refractivity contribution < 1.29 is 19.1 Å². The second-order valence-corrected chi connectivity index (χ2v) is 8.89. The van der Waals surface area contributed by atoms with Gasteiger partial charge in [-0.3, -0.25) is 19.7 Å². The Balaban J connectivity index is 1.25. The van der Waals surface area contributed by atoms with Crippen LogP contribution in [-0.4, -0.2) is 50.8 Å². The SMILES string of the molecule is O=C1CCC(N2Cc3cc(OC4CCCCC4NCc4cncnc4)ccc3C2=O)C(=O)N1. The van der Waals surface area contributed by atoms with Gasteiger partial charge in [0.2, 0.25) is 11.8 Å². The van der Waals surface area contributed by atoms with Crippen LogP contribution in [0, 0.1) is 0 Å². The van der Waals surface area contributed by atoms with E-state index < -0.39 is 11.9 Å². The smallest absolute Gasteiger partial charge is 0.255 e. The molecule has 2 fully saturated rings. The van der Waals surface area contributed by atoms with Crippen LogP contribution in [-0.2, 0) is 22.7 Å². The van der Waals surface area contributed by atoms with E-state index in [1.165, 1.54) is 6.33 Å². The molecule has 1 aromatic heterocycles. The third kappa shape index (κ3) is 4.59. The van der Waals surface area contributed by atoms with E-state index in [0.717, 1.165) is 42.6 Å². The second-order valence-electron chi connectivity index (χ2n) is 8.89. The Morgan fingerprint density at radius 3 is 2.73 bits per heavy atom. The predicted molar refractivity (Wildman–Crippen MR) is 118 cm³/mol. The summed E-state index contributed by atoms with van der Waals surface area (Å²) in [7, 11) is 0. The molecule has 1 saturated carbocycles. The first-order chi connectivity index (χ1) is 16.1. The number of ether oxygens (including phenoxy) is 1. The van der Waals surface area contributed by atoms with Crippen LogP contribution in [0.3, 0.4) is 0 Å². The lowest BCUT2D eigenvalue weighted by molar-refractivity contribution is -0.136. The van der Waals surface area contributed by atoms with Crippen LogP contribution >= 0.6 is 0 Å². The molecule has 1 saturated heterocycles. The van der Waals surface area contributed by atoms with Gasteiger partial charge in [-0.05, 0) is 49.4 Å². The fraction of sp³-hybridized carbons (Fsp3) is 0.458. The normalized spacial score (nSPS) is 25.0. The van der Waals surface area contributed by atoms with Crippen molar-refractivity contribution in [2.45, 2.75) is 69.8 Å². The summed E-state index contributed by atoms with van der Waals surface area (Å²) in [6, 6.07) is 5.14. The van der Waals surface area contributed by atoms with E-state index in [0.29, 0.717) is 25.1 Å². The maximum absolute atomic E-state index is 12.9. The highest BCUT2D eigenvalue weighted by atomic mass is 16.5. The number of carbonyl (C=O) groups excluding carboxylic acids is 3. The zero-order chi connectivity index (χ0) is 22.8. The maximum Gasteiger partial charge on any atom is 0.255 e. The summed E-state index contributed by atoms with van der Waals surface area (Å²) >= 11 is 0. The number of fused-ring (bicyclic) bond motifs is 1. The maximum atomic E-state index is 12.9. The van der Waals surface area contributed by atoms with Crippen molar-refractivity contribution in [3.8, 4) is 5.75 Å². The number of piperidine rings is 1. The average Bonchev–Trinajstić information content (AvgIpc) is 3.14. The highest BCUT2D eigenvalue weighted by molar-refractivity contribution is 6.05. The molecule has 2 N–H and O–H groups in total. The van der Waals surface area contributed by atoms with Gasteiger partial charge in [-0.15, -0.1) is 0 Å². The van der Waals surface area contributed by atoms with Gasteiger partial charge in [0.15, 0.2) is 0 Å². The average molecular weight is 450 g/mol. The lowest BCUT2D eigenvalue weighted by Gasteiger charge is -2.32. The third-order valence-corrected chi connectivity index (χ3v) is 6.67. The van der Waals surface area contributed by atoms with Crippen LogP contribution in [0.2, 0.25) is 0 Å². The first-order valence-electron chi connectivity index (χ1n) is 11.5. The van der Waals surface area contributed by atoms with Crippen LogP contribution < -0.4 is 15.4 Å². The van der Waals surface area contributed by atoms with Gasteiger partial charge in [0.25, 0.3) is 5.91 Å². The van der Waals surface area contributed by atoms with Gasteiger partial charge in [0.05, 0.1) is 0 Å². The Kier molecular flexibility index (Phi) is 6.04. The van der Waals surface area contributed by atoms with Crippen LogP contribution in [0.4, 0.5) is 0 Å². The standard InChI is InChI=1S/C24H27N5O4/c30-22-8-7-20(23(31)28-22)29-13-16-9-17(5-6-18(16)24(29)32)33-21-4-2-1-3-19(21)27-12-15-10-25-14-26-11-15/h5-6,9-11,14,19-21,27H,1-4,7-8,12-13H2,(H,28,30,31). The van der Waals surface area contributed by atoms with Crippen molar-refractivity contribution in [3.63, 3.8) is 0 Å². The van der Waals surface area contributed by atoms with Crippen LogP contribution in [0.5, 0.6) is 5.75 Å². The molecule has 9 heteroatoms. The van der Waals surface area contributed by atoms with E-state index in [9.17, 15) is 14.4 Å². The molecule has 3 heterocycles. The van der Waals surface area contributed by atoms with E-state index >= 15 is 0 Å². The molecule has 1 aromatic carbocycles. The Morgan fingerprint density at radius 2 is 1.91 bits per heavy atom. The molecule has 9 nitrogen and oxygen atoms in total. The van der Waals surface area contributed by atoms with E-state index in [1.807, 2.05) is 24.5 Å². The zero-order valence-corrected chi connectivity index (χ0v) is 18.3. The summed E-state index contributed by atoms with van der Waals surface area (Å²) in [4.78, 5) is 46.3. The molecule has 5 rings (SSSR count). The minimum Gasteiger partial charge on any atom is -0.489 e. The van der Waals surface area contributed by atoms with E-state index in [-0.39, 0.29) is 30.4 Å². The molecule has 2 aromatic rings. The number of nitrogens with zero attached hydrogens (tertiary/aromatic N) is 3. The summed E-state index contributed by atoms with van der Waals surface area (Å²) in [5.74, 6) is -0.128. The summed E-state index contributed by atoms with van der Waals surface area (Å²) in [5, 5.41) is 5.92. The summed E-state index contributed by atoms with van der Waals surface area (Å²) < 4.78 is 6.39. The number of hydrogen-bond donors (Lipinski definition) is 2. The number of rotatable bonds is 6. The van der Waals surface area contributed by atoms with Crippen LogP contribution in [0.25, 0.3) is 0 Å². The minimum absolute atomic E-state index is 0.0322. The van der Waals surface area contributed by atoms with Crippen molar-refractivity contribution in [1.29, 1.82) is 0 Å². The predicted octanol–water partition coefficient (Wildman–Crippen LogP) is 1.72. The molecule has 172 valence electrons. The van der Waals surface area contributed by atoms with Gasteiger partial charge >= 0.3 is 0 Å². The van der Waals surface area contributed by atoms with E-state index in [4.69, 9.17) is 4.74 Å². The number of nitrogens with one attached hydrogen (secondary N) is 2. The molecule has 2 aliphatic heterocycles. The molecular weight excluding hydrogens is 422 g/mol. The Morgan fingerprint density at radius 1 is 1.09 bits per heavy atom. The first kappa shape index (κ1) is 21.5. The summed E-state index contributed by atoms with van der Waals surface area (Å²) in [5.41, 5.74) is 2.48. The van der Waals surface area contributed by atoms with Crippen molar-refractivity contribution in [2.24, 2.45) is 0 Å². The quantitative estimate of drug-likeness (QED) is 0.646. The van der Waals surface area contributed by atoms with Crippen molar-refractivity contribution in [1.82, 2.24) is 25.5 Å². The second kappa shape index (κ2) is 9.27. The van der Waals surface area contributed by atoms with E-state index in [2.05, 4.69) is 20.6 Å². The molecule has 3 atom stereocenters. The minimum atomic E-state index is -0.610. The lowest BCUT2D eigenvalue weighted by atomic mass is 9.92. The largest absolute Gasteiger partial charge is 0.489 e. The zero-order valence-electron chi connectivity index (χ0n) is 18.3. The van der Waals surface area contributed by atoms with Gasteiger partial charge in [0, 0.05) is 49.1 Å². The molecule has 33 heavy (non-hydrogen) atoms. The first-order valence-corrected chi connectivity index (χ1v) is 11.5. The highest BCUT2D eigenvalue weighted by Gasteiger charge is 2.39. The molecule has 3 unspecified atom stereocenters. The molecule has 1 aliphatic carbocycles. The molecule has 0 radical (unpaired) electrons. The molecule has 3 aliphatic rings. The lowest BCUT2D eigenvalue weighted by Crippen LogP contribution is -2.52. The van der Waals surface area contributed by atoms with Gasteiger partial charge in [0.1, 0.15) is 24.2 Å². The monoisotopic (exact) mass is 449 g/mol. The number of hydrogen-bond acceptors (Lipinski definition) is 7. The highest BCUT2D eigenvalue weighted by Crippen LogP contribution is 2.32. The summed E-state index contributed by atoms with van der Waals surface area (Å²) in [6.07, 6.45) is 10.0. The van der Waals surface area contributed by atoms with Crippen LogP contribution in [0.1, 0.15) is 60.0 Å². The number of aromatic nitrogens is 2. The Bertz CT molecular complexity index is 1060. The van der Waals surface area contributed by atoms with Crippen molar-refractivity contribution >= 4 is 17.7 Å². The molecule has 0 spiro atoms. The number of carbonyl (C=O) groups is 3. The Hall–Kier alpha value is -3.33. The van der Waals surface area contributed by atoms with Crippen molar-refractivity contribution in [2.75, 3.05) is 0 Å².